The number of nitrogens with one attached hydrogen (secondary N) is 1. The minimum Gasteiger partial charge on any atom is -0.378 e. The van der Waals surface area contributed by atoms with Gasteiger partial charge in [0.05, 0.1) is 6.10 Å². The van der Waals surface area contributed by atoms with Crippen LogP contribution in [0, 0.1) is 17.8 Å². The van der Waals surface area contributed by atoms with Crippen LogP contribution >= 0.6 is 0 Å². The van der Waals surface area contributed by atoms with E-state index in [1.54, 1.807) is 0 Å². The lowest BCUT2D eigenvalue weighted by molar-refractivity contribution is -0.00222. The van der Waals surface area contributed by atoms with Crippen molar-refractivity contribution in [1.29, 1.82) is 0 Å². The lowest BCUT2D eigenvalue weighted by atomic mass is 9.91. The summed E-state index contributed by atoms with van der Waals surface area (Å²) in [6.45, 7) is 22.1. The second-order valence-corrected chi connectivity index (χ2v) is 12.0. The van der Waals surface area contributed by atoms with E-state index in [0.29, 0.717) is 6.10 Å². The van der Waals surface area contributed by atoms with Gasteiger partial charge >= 0.3 is 0 Å². The van der Waals surface area contributed by atoms with Gasteiger partial charge in [0, 0.05) is 38.8 Å². The van der Waals surface area contributed by atoms with E-state index in [-0.39, 0.29) is 7.43 Å². The highest BCUT2D eigenvalue weighted by molar-refractivity contribution is 4.77. The van der Waals surface area contributed by atoms with Gasteiger partial charge in [-0.05, 0) is 95.7 Å². The lowest BCUT2D eigenvalue weighted by Crippen LogP contribution is -2.43. The molecule has 1 N–H and O–H groups in total. The maximum Gasteiger partial charge on any atom is 0.0575 e. The topological polar surface area (TPSA) is 27.7 Å². The largest absolute Gasteiger partial charge is 0.378 e. The second-order valence-electron chi connectivity index (χ2n) is 12.0. The molecule has 3 aliphatic rings. The molecule has 3 rings (SSSR count). The van der Waals surface area contributed by atoms with E-state index in [1.165, 1.54) is 103 Å². The molecule has 206 valence electrons. The molecule has 1 aliphatic heterocycles. The fourth-order valence-electron chi connectivity index (χ4n) is 4.14. The van der Waals surface area contributed by atoms with Gasteiger partial charge in [-0.3, -0.25) is 0 Å². The Hall–Kier alpha value is -0.160. The summed E-state index contributed by atoms with van der Waals surface area (Å²) in [6, 6.07) is 0.925. The highest BCUT2D eigenvalue weighted by atomic mass is 16.5. The molecule has 0 radical (unpaired) electrons. The Balaban J connectivity index is 0.000000475. The SMILES string of the molecule is C.CC(C)CCCN1CCNCC1.CC(C)CCN(C)C1CCC1.CC(C)CCOC1CCC1. The van der Waals surface area contributed by atoms with Crippen molar-refractivity contribution in [1.82, 2.24) is 15.1 Å². The van der Waals surface area contributed by atoms with E-state index in [9.17, 15) is 0 Å². The number of hydrogen-bond donors (Lipinski definition) is 1. The fourth-order valence-corrected chi connectivity index (χ4v) is 4.14. The molecule has 0 unspecified atom stereocenters. The van der Waals surface area contributed by atoms with E-state index < -0.39 is 0 Å². The van der Waals surface area contributed by atoms with Crippen molar-refractivity contribution >= 4 is 0 Å². The van der Waals surface area contributed by atoms with Crippen LogP contribution in [0.2, 0.25) is 0 Å². The third kappa shape index (κ3) is 18.2. The van der Waals surface area contributed by atoms with E-state index in [1.807, 2.05) is 0 Å². The zero-order valence-electron chi connectivity index (χ0n) is 23.7. The van der Waals surface area contributed by atoms with Crippen LogP contribution in [0.25, 0.3) is 0 Å². The van der Waals surface area contributed by atoms with Gasteiger partial charge in [0.15, 0.2) is 0 Å². The first-order valence-corrected chi connectivity index (χ1v) is 14.5. The van der Waals surface area contributed by atoms with Crippen LogP contribution in [0.4, 0.5) is 0 Å². The lowest BCUT2D eigenvalue weighted by Gasteiger charge is -2.35. The molecule has 3 fully saturated rings. The molecule has 4 nitrogen and oxygen atoms in total. The highest BCUT2D eigenvalue weighted by Crippen LogP contribution is 2.24. The zero-order chi connectivity index (χ0) is 24.5. The van der Waals surface area contributed by atoms with Gasteiger partial charge in [0.1, 0.15) is 0 Å². The first-order chi connectivity index (χ1) is 15.8. The molecule has 34 heavy (non-hydrogen) atoms. The van der Waals surface area contributed by atoms with Crippen LogP contribution < -0.4 is 5.32 Å². The predicted molar refractivity (Wildman–Crippen MR) is 153 cm³/mol. The maximum atomic E-state index is 5.59. The van der Waals surface area contributed by atoms with Gasteiger partial charge in [-0.1, -0.05) is 55.4 Å². The van der Waals surface area contributed by atoms with Crippen LogP contribution in [-0.4, -0.2) is 74.9 Å². The van der Waals surface area contributed by atoms with Crippen molar-refractivity contribution < 1.29 is 4.74 Å². The maximum absolute atomic E-state index is 5.59. The third-order valence-corrected chi connectivity index (χ3v) is 7.32. The van der Waals surface area contributed by atoms with Crippen LogP contribution in [0.1, 0.15) is 113 Å². The zero-order valence-corrected chi connectivity index (χ0v) is 23.7. The van der Waals surface area contributed by atoms with Crippen molar-refractivity contribution in [3.63, 3.8) is 0 Å². The van der Waals surface area contributed by atoms with Crippen molar-refractivity contribution in [2.75, 3.05) is 52.9 Å². The summed E-state index contributed by atoms with van der Waals surface area (Å²) >= 11 is 0. The Labute approximate surface area is 216 Å². The van der Waals surface area contributed by atoms with Gasteiger partial charge in [-0.25, -0.2) is 0 Å². The van der Waals surface area contributed by atoms with E-state index in [4.69, 9.17) is 4.74 Å². The van der Waals surface area contributed by atoms with E-state index >= 15 is 0 Å². The highest BCUT2D eigenvalue weighted by Gasteiger charge is 2.21. The normalized spacial score (nSPS) is 19.1. The number of piperazine rings is 1. The van der Waals surface area contributed by atoms with Crippen molar-refractivity contribution in [3.8, 4) is 0 Å². The standard InChI is InChI=1S/C10H22N2.C10H21N.C9H18O.CH4/c1-10(2)4-3-7-12-8-5-11-6-9-12;1-9(2)7-8-11(3)10-5-4-6-10;1-8(2)6-7-10-9-4-3-5-9;/h10-11H,3-9H2,1-2H3;9-10H,4-8H2,1-3H3;8-9H,3-7H2,1-2H3;1H4. The summed E-state index contributed by atoms with van der Waals surface area (Å²) in [5.41, 5.74) is 0. The molecule has 0 spiro atoms. The molecule has 0 bridgehead atoms. The Bertz CT molecular complexity index is 427. The molecular weight excluding hydrogens is 418 g/mol. The van der Waals surface area contributed by atoms with E-state index in [2.05, 4.69) is 63.7 Å². The van der Waals surface area contributed by atoms with Crippen molar-refractivity contribution in [2.45, 2.75) is 125 Å². The number of hydrogen-bond acceptors (Lipinski definition) is 4. The Morgan fingerprint density at radius 3 is 1.82 bits per heavy atom. The van der Waals surface area contributed by atoms with Crippen LogP contribution in [0.3, 0.4) is 0 Å². The summed E-state index contributed by atoms with van der Waals surface area (Å²) in [7, 11) is 2.27. The monoisotopic (exact) mass is 484 g/mol. The Morgan fingerprint density at radius 1 is 0.824 bits per heavy atom. The Kier molecular flexibility index (Phi) is 20.9. The van der Waals surface area contributed by atoms with Gasteiger partial charge in [-0.15, -0.1) is 0 Å². The quantitative estimate of drug-likeness (QED) is 0.321. The van der Waals surface area contributed by atoms with E-state index in [0.717, 1.165) is 30.4 Å². The van der Waals surface area contributed by atoms with Gasteiger partial charge in [0.2, 0.25) is 0 Å². The predicted octanol–water partition coefficient (Wildman–Crippen LogP) is 7.08. The average Bonchev–Trinajstić information content (AvgIpc) is 2.68. The van der Waals surface area contributed by atoms with Crippen LogP contribution in [0.15, 0.2) is 0 Å². The minimum atomic E-state index is 0. The molecule has 2 saturated carbocycles. The molecule has 4 heteroatoms. The van der Waals surface area contributed by atoms with Gasteiger partial charge in [-0.2, -0.15) is 0 Å². The molecule has 2 aliphatic carbocycles. The smallest absolute Gasteiger partial charge is 0.0575 e. The van der Waals surface area contributed by atoms with Crippen LogP contribution in [-0.2, 0) is 4.74 Å². The van der Waals surface area contributed by atoms with Gasteiger partial charge in [0.25, 0.3) is 0 Å². The van der Waals surface area contributed by atoms with Crippen LogP contribution in [0.5, 0.6) is 0 Å². The number of ether oxygens (including phenoxy) is 1. The second kappa shape index (κ2) is 21.0. The summed E-state index contributed by atoms with van der Waals surface area (Å²) in [5.74, 6) is 2.52. The molecule has 1 saturated heterocycles. The number of nitrogens with zero attached hydrogens (tertiary/aromatic N) is 2. The summed E-state index contributed by atoms with van der Waals surface area (Å²) in [4.78, 5) is 5.10. The molecule has 0 aromatic heterocycles. The summed E-state index contributed by atoms with van der Waals surface area (Å²) < 4.78 is 5.59. The number of rotatable bonds is 12. The van der Waals surface area contributed by atoms with Crippen molar-refractivity contribution in [3.05, 3.63) is 0 Å². The summed E-state index contributed by atoms with van der Waals surface area (Å²) in [6.07, 6.45) is 14.3. The average molecular weight is 484 g/mol. The molecule has 0 aromatic rings. The Morgan fingerprint density at radius 2 is 1.38 bits per heavy atom. The third-order valence-electron chi connectivity index (χ3n) is 7.32. The molecule has 0 atom stereocenters. The molecular formula is C30H65N3O. The minimum absolute atomic E-state index is 0. The summed E-state index contributed by atoms with van der Waals surface area (Å²) in [5, 5.41) is 3.37. The molecule has 0 amide bonds. The first kappa shape index (κ1) is 33.8. The first-order valence-electron chi connectivity index (χ1n) is 14.5. The fraction of sp³-hybridized carbons (Fsp3) is 1.00. The van der Waals surface area contributed by atoms with Gasteiger partial charge < -0.3 is 19.9 Å². The molecule has 0 aromatic carbocycles. The van der Waals surface area contributed by atoms with Crippen molar-refractivity contribution in [2.24, 2.45) is 17.8 Å². The molecule has 1 heterocycles.